The van der Waals surface area contributed by atoms with Crippen LogP contribution in [0.1, 0.15) is 0 Å². The van der Waals surface area contributed by atoms with E-state index in [0.29, 0.717) is 5.59 Å². The van der Waals surface area contributed by atoms with Gasteiger partial charge in [0.15, 0.2) is 0 Å². The molecule has 2 radical (unpaired) electrons. The molecule has 0 amide bonds. The molecule has 0 atom stereocenters. The molecule has 0 spiro atoms. The molecule has 0 saturated heterocycles. The quantitative estimate of drug-likeness (QED) is 0.476. The summed E-state index contributed by atoms with van der Waals surface area (Å²) in [4.78, 5) is 4.09. The van der Waals surface area contributed by atoms with E-state index in [1.165, 1.54) is 0 Å². The average Bonchev–Trinajstić information content (AvgIpc) is 2.27. The first-order valence-corrected chi connectivity index (χ1v) is 3.31. The van der Waals surface area contributed by atoms with Gasteiger partial charge in [-0.25, -0.2) is 0 Å². The molecule has 0 aliphatic rings. The van der Waals surface area contributed by atoms with Gasteiger partial charge in [0.2, 0.25) is 0 Å². The smallest absolute Gasteiger partial charge is 0.141 e. The fraction of sp³-hybridized carbons (Fsp3) is 0.143. The Bertz CT molecular complexity index is 393. The van der Waals surface area contributed by atoms with Gasteiger partial charge in [-0.05, 0) is 17.7 Å². The Morgan fingerprint density at radius 2 is 2.18 bits per heavy atom. The second kappa shape index (κ2) is 2.08. The van der Waals surface area contributed by atoms with Gasteiger partial charge in [-0.15, -0.1) is 0 Å². The van der Waals surface area contributed by atoms with E-state index < -0.39 is 0 Å². The number of aromatic nitrogens is 3. The Morgan fingerprint density at radius 3 is 3.00 bits per heavy atom. The molecule has 2 aromatic rings. The Labute approximate surface area is 65.5 Å². The summed E-state index contributed by atoms with van der Waals surface area (Å²) in [5.74, 6) is 0. The minimum absolute atomic E-state index is 0.533. The van der Waals surface area contributed by atoms with Crippen molar-refractivity contribution < 1.29 is 0 Å². The molecule has 0 unspecified atom stereocenters. The second-order valence-electron chi connectivity index (χ2n) is 2.44. The maximum Gasteiger partial charge on any atom is 0.141 e. The summed E-state index contributed by atoms with van der Waals surface area (Å²) in [5, 5.41) is 4.15. The van der Waals surface area contributed by atoms with Gasteiger partial charge in [0.25, 0.3) is 0 Å². The third kappa shape index (κ3) is 1.00. The first-order chi connectivity index (χ1) is 5.25. The molecule has 11 heavy (non-hydrogen) atoms. The van der Waals surface area contributed by atoms with Crippen molar-refractivity contribution in [1.82, 2.24) is 14.8 Å². The summed E-state index contributed by atoms with van der Waals surface area (Å²) in [7, 11) is 7.34. The molecule has 0 aromatic carbocycles. The highest BCUT2D eigenvalue weighted by Crippen LogP contribution is 2.04. The first-order valence-electron chi connectivity index (χ1n) is 3.31. The molecule has 2 heterocycles. The van der Waals surface area contributed by atoms with Gasteiger partial charge in [0.05, 0.1) is 6.20 Å². The fourth-order valence-electron chi connectivity index (χ4n) is 1.04. The van der Waals surface area contributed by atoms with E-state index in [9.17, 15) is 0 Å². The summed E-state index contributed by atoms with van der Waals surface area (Å²) in [5.41, 5.74) is 2.25. The molecule has 0 N–H and O–H groups in total. The van der Waals surface area contributed by atoms with Crippen molar-refractivity contribution >= 4 is 24.5 Å². The van der Waals surface area contributed by atoms with Crippen LogP contribution in [0.5, 0.6) is 0 Å². The number of nitrogens with zero attached hydrogens (tertiary/aromatic N) is 3. The van der Waals surface area contributed by atoms with E-state index in [4.69, 9.17) is 7.85 Å². The van der Waals surface area contributed by atoms with Gasteiger partial charge < -0.3 is 0 Å². The molecule has 0 bridgehead atoms. The van der Waals surface area contributed by atoms with E-state index in [2.05, 4.69) is 10.1 Å². The highest BCUT2D eigenvalue weighted by Gasteiger charge is 1.97. The Hall–Kier alpha value is -1.32. The van der Waals surface area contributed by atoms with E-state index in [0.717, 1.165) is 11.0 Å². The van der Waals surface area contributed by atoms with Crippen molar-refractivity contribution in [3.8, 4) is 0 Å². The molecular formula is C7H6BN3. The van der Waals surface area contributed by atoms with Gasteiger partial charge in [-0.2, -0.15) is 5.10 Å². The standard InChI is InChI=1S/C7H6BN3/c1-11-4-6-5(10-11)2-3-7(8)9-6/h2-4H,1H3. The predicted octanol–water partition coefficient (Wildman–Crippen LogP) is -0.238. The molecule has 52 valence electrons. The zero-order chi connectivity index (χ0) is 7.84. The molecule has 0 saturated carbocycles. The number of hydrogen-bond acceptors (Lipinski definition) is 2. The van der Waals surface area contributed by atoms with Crippen LogP contribution < -0.4 is 5.59 Å². The van der Waals surface area contributed by atoms with Crippen LogP contribution in [-0.4, -0.2) is 22.6 Å². The minimum atomic E-state index is 0.533. The number of hydrogen-bond donors (Lipinski definition) is 0. The highest BCUT2D eigenvalue weighted by atomic mass is 15.2. The topological polar surface area (TPSA) is 30.7 Å². The number of aryl methyl sites for hydroxylation is 1. The zero-order valence-electron chi connectivity index (χ0n) is 6.15. The van der Waals surface area contributed by atoms with Crippen LogP contribution in [0, 0.1) is 0 Å². The number of fused-ring (bicyclic) bond motifs is 1. The van der Waals surface area contributed by atoms with Gasteiger partial charge in [0.1, 0.15) is 18.9 Å². The van der Waals surface area contributed by atoms with Crippen LogP contribution >= 0.6 is 0 Å². The van der Waals surface area contributed by atoms with Crippen LogP contribution in [0.4, 0.5) is 0 Å². The molecule has 3 nitrogen and oxygen atoms in total. The first kappa shape index (κ1) is 6.40. The fourth-order valence-corrected chi connectivity index (χ4v) is 1.04. The van der Waals surface area contributed by atoms with Crippen LogP contribution in [0.3, 0.4) is 0 Å². The zero-order valence-corrected chi connectivity index (χ0v) is 6.15. The van der Waals surface area contributed by atoms with E-state index in [-0.39, 0.29) is 0 Å². The van der Waals surface area contributed by atoms with Crippen molar-refractivity contribution in [1.29, 1.82) is 0 Å². The van der Waals surface area contributed by atoms with Gasteiger partial charge in [-0.1, -0.05) is 0 Å². The average molecular weight is 143 g/mol. The van der Waals surface area contributed by atoms with Crippen LogP contribution in [-0.2, 0) is 7.05 Å². The van der Waals surface area contributed by atoms with Gasteiger partial charge in [-0.3, -0.25) is 9.67 Å². The molecule has 0 aliphatic heterocycles. The highest BCUT2D eigenvalue weighted by molar-refractivity contribution is 6.31. The molecule has 2 aromatic heterocycles. The monoisotopic (exact) mass is 143 g/mol. The molecule has 0 fully saturated rings. The molecular weight excluding hydrogens is 137 g/mol. The van der Waals surface area contributed by atoms with Crippen molar-refractivity contribution in [3.63, 3.8) is 0 Å². The van der Waals surface area contributed by atoms with Crippen molar-refractivity contribution in [2.45, 2.75) is 0 Å². The van der Waals surface area contributed by atoms with E-state index >= 15 is 0 Å². The lowest BCUT2D eigenvalue weighted by Crippen LogP contribution is -2.05. The maximum atomic E-state index is 5.48. The van der Waals surface area contributed by atoms with Crippen molar-refractivity contribution in [2.75, 3.05) is 0 Å². The predicted molar refractivity (Wildman–Crippen MR) is 43.9 cm³/mol. The van der Waals surface area contributed by atoms with E-state index in [1.54, 1.807) is 10.7 Å². The van der Waals surface area contributed by atoms with Crippen molar-refractivity contribution in [2.24, 2.45) is 7.05 Å². The van der Waals surface area contributed by atoms with E-state index in [1.807, 2.05) is 19.3 Å². The normalized spacial score (nSPS) is 10.6. The summed E-state index contributed by atoms with van der Waals surface area (Å²) in [6, 6.07) is 3.60. The second-order valence-corrected chi connectivity index (χ2v) is 2.44. The van der Waals surface area contributed by atoms with Crippen LogP contribution in [0.15, 0.2) is 18.3 Å². The number of pyridine rings is 1. The summed E-state index contributed by atoms with van der Waals surface area (Å²) < 4.78 is 1.72. The molecule has 4 heteroatoms. The SMILES string of the molecule is [B]c1ccc2nn(C)cc2n1. The van der Waals surface area contributed by atoms with Gasteiger partial charge >= 0.3 is 0 Å². The Balaban J connectivity index is 2.82. The molecule has 0 aliphatic carbocycles. The lowest BCUT2D eigenvalue weighted by molar-refractivity contribution is 0.779. The van der Waals surface area contributed by atoms with Crippen LogP contribution in [0.2, 0.25) is 0 Å². The third-order valence-electron chi connectivity index (χ3n) is 1.50. The van der Waals surface area contributed by atoms with Crippen molar-refractivity contribution in [3.05, 3.63) is 18.3 Å². The minimum Gasteiger partial charge on any atom is -0.273 e. The molecule has 2 rings (SSSR count). The third-order valence-corrected chi connectivity index (χ3v) is 1.50. The Kier molecular flexibility index (Phi) is 1.21. The van der Waals surface area contributed by atoms with Crippen LogP contribution in [0.25, 0.3) is 11.0 Å². The maximum absolute atomic E-state index is 5.48. The largest absolute Gasteiger partial charge is 0.273 e. The Morgan fingerprint density at radius 1 is 1.36 bits per heavy atom. The lowest BCUT2D eigenvalue weighted by atomic mass is 10.0. The van der Waals surface area contributed by atoms with Gasteiger partial charge in [0, 0.05) is 7.05 Å². The summed E-state index contributed by atoms with van der Waals surface area (Å²) in [6.07, 6.45) is 1.84. The lowest BCUT2D eigenvalue weighted by Gasteiger charge is -1.88. The number of rotatable bonds is 0. The summed E-state index contributed by atoms with van der Waals surface area (Å²) in [6.45, 7) is 0. The summed E-state index contributed by atoms with van der Waals surface area (Å²) >= 11 is 0.